The van der Waals surface area contributed by atoms with Crippen molar-refractivity contribution in [1.29, 1.82) is 0 Å². The molecular weight excluding hydrogens is 162 g/mol. The Morgan fingerprint density at radius 2 is 2.50 bits per heavy atom. The van der Waals surface area contributed by atoms with Crippen molar-refractivity contribution >= 4 is 12.0 Å². The van der Waals surface area contributed by atoms with Crippen LogP contribution in [-0.2, 0) is 4.79 Å². The van der Waals surface area contributed by atoms with E-state index >= 15 is 0 Å². The van der Waals surface area contributed by atoms with Crippen molar-refractivity contribution in [1.82, 2.24) is 10.2 Å². The molecule has 0 aromatic carbocycles. The number of nitrogens with two attached hydrogens (primary N) is 1. The van der Waals surface area contributed by atoms with Gasteiger partial charge in [-0.25, -0.2) is 4.79 Å². The Morgan fingerprint density at radius 1 is 1.83 bits per heavy atom. The molecule has 2 amide bonds. The van der Waals surface area contributed by atoms with E-state index in [2.05, 4.69) is 5.32 Å². The fourth-order valence-corrected chi connectivity index (χ4v) is 1.10. The second kappa shape index (κ2) is 3.40. The van der Waals surface area contributed by atoms with E-state index in [0.29, 0.717) is 0 Å². The van der Waals surface area contributed by atoms with Gasteiger partial charge in [-0.15, -0.1) is 0 Å². The summed E-state index contributed by atoms with van der Waals surface area (Å²) in [5.74, 6) is -0.292. The third kappa shape index (κ3) is 1.85. The third-order valence-electron chi connectivity index (χ3n) is 1.70. The summed E-state index contributed by atoms with van der Waals surface area (Å²) in [6.07, 6.45) is -1.08. The van der Waals surface area contributed by atoms with E-state index in [1.54, 1.807) is 0 Å². The van der Waals surface area contributed by atoms with Gasteiger partial charge in [0.25, 0.3) is 0 Å². The zero-order valence-corrected chi connectivity index (χ0v) is 6.49. The molecule has 1 rings (SSSR count). The number of amides is 2. The zero-order valence-electron chi connectivity index (χ0n) is 6.49. The quantitative estimate of drug-likeness (QED) is 0.446. The minimum absolute atomic E-state index is 0.0914. The molecule has 0 aliphatic carbocycles. The van der Waals surface area contributed by atoms with E-state index in [1.807, 2.05) is 0 Å². The van der Waals surface area contributed by atoms with E-state index in [4.69, 9.17) is 10.8 Å². The lowest BCUT2D eigenvalue weighted by Gasteiger charge is -2.30. The highest BCUT2D eigenvalue weighted by molar-refractivity contribution is 5.83. The molecule has 0 saturated carbocycles. The molecule has 0 aromatic heterocycles. The minimum atomic E-state index is -1.08. The molecule has 1 aliphatic rings. The number of carbonyl (C=O) groups excluding carboxylic acids is 1. The number of carbonyl (C=O) groups is 2. The van der Waals surface area contributed by atoms with Crippen LogP contribution in [0, 0.1) is 0 Å². The normalized spacial score (nSPS) is 23.6. The number of hydrogen-bond donors (Lipinski definition) is 3. The number of hydrogen-bond acceptors (Lipinski definition) is 3. The van der Waals surface area contributed by atoms with Gasteiger partial charge in [-0.2, -0.15) is 0 Å². The van der Waals surface area contributed by atoms with Crippen LogP contribution in [0.3, 0.4) is 0 Å². The van der Waals surface area contributed by atoms with Gasteiger partial charge >= 0.3 is 6.09 Å². The number of rotatable bonds is 1. The van der Waals surface area contributed by atoms with Gasteiger partial charge in [0.15, 0.2) is 0 Å². The van der Waals surface area contributed by atoms with Crippen LogP contribution in [-0.4, -0.2) is 47.7 Å². The first-order valence-electron chi connectivity index (χ1n) is 3.60. The molecule has 68 valence electrons. The second-order valence-electron chi connectivity index (χ2n) is 2.66. The van der Waals surface area contributed by atoms with Crippen LogP contribution in [0.25, 0.3) is 0 Å². The second-order valence-corrected chi connectivity index (χ2v) is 2.66. The number of nitrogens with one attached hydrogen (secondary N) is 1. The van der Waals surface area contributed by atoms with Gasteiger partial charge in [0.05, 0.1) is 6.04 Å². The van der Waals surface area contributed by atoms with Gasteiger partial charge in [0.2, 0.25) is 5.91 Å². The number of nitrogens with zero attached hydrogens (tertiary/aromatic N) is 1. The maximum Gasteiger partial charge on any atom is 0.407 e. The highest BCUT2D eigenvalue weighted by Crippen LogP contribution is 1.98. The molecule has 6 heteroatoms. The Morgan fingerprint density at radius 3 is 3.00 bits per heavy atom. The van der Waals surface area contributed by atoms with Crippen molar-refractivity contribution in [3.8, 4) is 0 Å². The highest BCUT2D eigenvalue weighted by Gasteiger charge is 2.26. The summed E-state index contributed by atoms with van der Waals surface area (Å²) >= 11 is 0. The molecule has 1 atom stereocenters. The van der Waals surface area contributed by atoms with Crippen LogP contribution in [0.2, 0.25) is 0 Å². The number of carboxylic acid groups (broad SMARTS) is 1. The molecule has 0 unspecified atom stereocenters. The fourth-order valence-electron chi connectivity index (χ4n) is 1.10. The smallest absolute Gasteiger partial charge is 0.407 e. The predicted octanol–water partition coefficient (Wildman–Crippen LogP) is -1.58. The van der Waals surface area contributed by atoms with Crippen LogP contribution >= 0.6 is 0 Å². The Bertz CT molecular complexity index is 206. The zero-order chi connectivity index (χ0) is 9.14. The molecule has 0 aromatic rings. The van der Waals surface area contributed by atoms with Gasteiger partial charge in [0, 0.05) is 13.1 Å². The Hall–Kier alpha value is -1.30. The average molecular weight is 173 g/mol. The van der Waals surface area contributed by atoms with E-state index < -0.39 is 6.09 Å². The molecule has 0 spiro atoms. The minimum Gasteiger partial charge on any atom is -0.465 e. The molecule has 1 saturated heterocycles. The summed E-state index contributed by atoms with van der Waals surface area (Å²) in [6.45, 7) is 0.443. The van der Waals surface area contributed by atoms with Gasteiger partial charge in [-0.05, 0) is 0 Å². The lowest BCUT2D eigenvalue weighted by atomic mass is 10.2. The highest BCUT2D eigenvalue weighted by atomic mass is 16.4. The molecule has 0 bridgehead atoms. The summed E-state index contributed by atoms with van der Waals surface area (Å²) in [6, 6.07) is -0.248. The van der Waals surface area contributed by atoms with Gasteiger partial charge in [0.1, 0.15) is 6.54 Å². The molecule has 4 N–H and O–H groups in total. The van der Waals surface area contributed by atoms with Crippen molar-refractivity contribution in [3.05, 3.63) is 0 Å². The van der Waals surface area contributed by atoms with E-state index in [1.165, 1.54) is 0 Å². The van der Waals surface area contributed by atoms with Crippen LogP contribution in [0.4, 0.5) is 4.79 Å². The summed E-state index contributed by atoms with van der Waals surface area (Å²) < 4.78 is 0. The van der Waals surface area contributed by atoms with Gasteiger partial charge < -0.3 is 16.2 Å². The van der Waals surface area contributed by atoms with E-state index in [0.717, 1.165) is 4.90 Å². The summed E-state index contributed by atoms with van der Waals surface area (Å²) in [5, 5.41) is 11.2. The molecule has 1 fully saturated rings. The molecular formula is C6H11N3O3. The van der Waals surface area contributed by atoms with Crippen LogP contribution in [0.1, 0.15) is 0 Å². The molecule has 12 heavy (non-hydrogen) atoms. The lowest BCUT2D eigenvalue weighted by Crippen LogP contribution is -2.57. The monoisotopic (exact) mass is 173 g/mol. The first-order chi connectivity index (χ1) is 5.63. The topological polar surface area (TPSA) is 95.7 Å². The van der Waals surface area contributed by atoms with Crippen molar-refractivity contribution in [2.75, 3.05) is 19.6 Å². The predicted molar refractivity (Wildman–Crippen MR) is 40.6 cm³/mol. The first kappa shape index (κ1) is 8.79. The summed E-state index contributed by atoms with van der Waals surface area (Å²) in [4.78, 5) is 22.4. The van der Waals surface area contributed by atoms with Crippen LogP contribution in [0.5, 0.6) is 0 Å². The van der Waals surface area contributed by atoms with Crippen molar-refractivity contribution in [2.45, 2.75) is 6.04 Å². The Kier molecular flexibility index (Phi) is 2.49. The van der Waals surface area contributed by atoms with E-state index in [9.17, 15) is 9.59 Å². The van der Waals surface area contributed by atoms with Crippen molar-refractivity contribution in [3.63, 3.8) is 0 Å². The largest absolute Gasteiger partial charge is 0.465 e. The Labute approximate surface area is 69.3 Å². The Balaban J connectivity index is 2.56. The first-order valence-corrected chi connectivity index (χ1v) is 3.60. The summed E-state index contributed by atoms with van der Waals surface area (Å²) in [5.41, 5.74) is 5.29. The third-order valence-corrected chi connectivity index (χ3v) is 1.70. The fraction of sp³-hybridized carbons (Fsp3) is 0.667. The number of piperazine rings is 1. The van der Waals surface area contributed by atoms with Crippen LogP contribution in [0.15, 0.2) is 0 Å². The lowest BCUT2D eigenvalue weighted by molar-refractivity contribution is -0.124. The average Bonchev–Trinajstić information content (AvgIpc) is 2.03. The van der Waals surface area contributed by atoms with Crippen molar-refractivity contribution in [2.24, 2.45) is 5.73 Å². The SMILES string of the molecule is NC[C@@H]1CN(C(=O)O)CC(=O)N1. The van der Waals surface area contributed by atoms with Gasteiger partial charge in [-0.3, -0.25) is 9.69 Å². The summed E-state index contributed by atoms with van der Waals surface area (Å²) in [7, 11) is 0. The molecule has 1 aliphatic heterocycles. The molecule has 1 heterocycles. The van der Waals surface area contributed by atoms with Crippen LogP contribution < -0.4 is 11.1 Å². The molecule has 6 nitrogen and oxygen atoms in total. The standard InChI is InChI=1S/C6H11N3O3/c7-1-4-2-9(6(11)12)3-5(10)8-4/h4H,1-3,7H2,(H,8,10)(H,11,12)/t4-/m1/s1. The maximum atomic E-state index is 10.9. The van der Waals surface area contributed by atoms with Gasteiger partial charge in [-0.1, -0.05) is 0 Å². The maximum absolute atomic E-state index is 10.9. The van der Waals surface area contributed by atoms with Crippen molar-refractivity contribution < 1.29 is 14.7 Å². The molecule has 0 radical (unpaired) electrons. The van der Waals surface area contributed by atoms with E-state index in [-0.39, 0.29) is 31.6 Å².